The molecule has 7 heteroatoms. The lowest BCUT2D eigenvalue weighted by Gasteiger charge is -2.16. The monoisotopic (exact) mass is 385 g/mol. The molecule has 1 atom stereocenters. The molecule has 0 aliphatic rings. The Balaban J connectivity index is 1.58. The first-order valence-electron chi connectivity index (χ1n) is 9.26. The fourth-order valence-corrected chi connectivity index (χ4v) is 3.53. The number of anilines is 1. The van der Waals surface area contributed by atoms with Crippen LogP contribution in [-0.2, 0) is 17.8 Å². The molecule has 0 aliphatic carbocycles. The number of carbonyl (C=O) groups excluding carboxylic acids is 1. The van der Waals surface area contributed by atoms with E-state index in [2.05, 4.69) is 29.4 Å². The van der Waals surface area contributed by atoms with Crippen molar-refractivity contribution in [1.82, 2.24) is 10.2 Å². The summed E-state index contributed by atoms with van der Waals surface area (Å²) in [6.07, 6.45) is 1.96. The van der Waals surface area contributed by atoms with Gasteiger partial charge in [0.1, 0.15) is 0 Å². The van der Waals surface area contributed by atoms with E-state index < -0.39 is 0 Å². The highest BCUT2D eigenvalue weighted by Crippen LogP contribution is 2.22. The molecule has 1 amide bonds. The van der Waals surface area contributed by atoms with Crippen molar-refractivity contribution in [2.75, 3.05) is 18.4 Å². The van der Waals surface area contributed by atoms with E-state index in [1.807, 2.05) is 41.8 Å². The molecule has 0 bridgehead atoms. The molecule has 27 heavy (non-hydrogen) atoms. The molecule has 2 N–H and O–H groups in total. The number of hydrogen-bond donors (Lipinski definition) is 2. The predicted octanol–water partition coefficient (Wildman–Crippen LogP) is 2.79. The smallest absolute Gasteiger partial charge is 0.279 e. The number of nitrogens with zero attached hydrogens (tertiary/aromatic N) is 2. The molecule has 1 aromatic carbocycles. The van der Waals surface area contributed by atoms with E-state index in [0.29, 0.717) is 24.9 Å². The molecule has 1 unspecified atom stereocenters. The lowest BCUT2D eigenvalue weighted by Crippen LogP contribution is -3.11. The number of benzene rings is 1. The number of aryl methyl sites for hydroxylation is 1. The summed E-state index contributed by atoms with van der Waals surface area (Å²) < 4.78 is 5.77. The maximum Gasteiger partial charge on any atom is 0.279 e. The molecule has 142 valence electrons. The quantitative estimate of drug-likeness (QED) is 0.594. The maximum absolute atomic E-state index is 12.4. The molecule has 0 spiro atoms. The number of rotatable bonds is 9. The molecule has 0 radical (unpaired) electrons. The summed E-state index contributed by atoms with van der Waals surface area (Å²) in [4.78, 5) is 14.5. The van der Waals surface area contributed by atoms with E-state index in [9.17, 15) is 4.79 Å². The summed E-state index contributed by atoms with van der Waals surface area (Å²) in [6, 6.07) is 11.9. The van der Waals surface area contributed by atoms with Gasteiger partial charge in [-0.15, -0.1) is 21.5 Å². The minimum atomic E-state index is -0.0132. The van der Waals surface area contributed by atoms with Gasteiger partial charge in [-0.25, -0.2) is 0 Å². The zero-order valence-corrected chi connectivity index (χ0v) is 16.5. The molecule has 0 saturated carbocycles. The van der Waals surface area contributed by atoms with Crippen LogP contribution < -0.4 is 10.2 Å². The fraction of sp³-hybridized carbons (Fsp3) is 0.350. The lowest BCUT2D eigenvalue weighted by molar-refractivity contribution is -0.907. The van der Waals surface area contributed by atoms with Crippen LogP contribution in [0, 0.1) is 0 Å². The molecule has 0 fully saturated rings. The standard InChI is InChI=1S/C20H24N4O2S/c1-3-11-24(13-18(25)21-16-9-7-15(4-2)8-10-16)14-19-22-23-20(26-19)17-6-5-12-27-17/h5-10,12H,3-4,11,13-14H2,1-2H3,(H,21,25)/p+1. The van der Waals surface area contributed by atoms with Crippen molar-refractivity contribution in [3.05, 3.63) is 53.2 Å². The van der Waals surface area contributed by atoms with Crippen molar-refractivity contribution < 1.29 is 14.1 Å². The first-order chi connectivity index (χ1) is 13.2. The number of amides is 1. The Kier molecular flexibility index (Phi) is 6.73. The third kappa shape index (κ3) is 5.48. The van der Waals surface area contributed by atoms with Crippen LogP contribution in [0.4, 0.5) is 5.69 Å². The third-order valence-electron chi connectivity index (χ3n) is 4.26. The van der Waals surface area contributed by atoms with Gasteiger partial charge < -0.3 is 14.6 Å². The average Bonchev–Trinajstić information content (AvgIpc) is 3.34. The highest BCUT2D eigenvalue weighted by atomic mass is 32.1. The number of hydrogen-bond acceptors (Lipinski definition) is 5. The number of quaternary nitrogens is 1. The van der Waals surface area contributed by atoms with E-state index in [4.69, 9.17) is 4.42 Å². The molecular weight excluding hydrogens is 360 g/mol. The Morgan fingerprint density at radius 1 is 1.19 bits per heavy atom. The van der Waals surface area contributed by atoms with Gasteiger partial charge in [-0.1, -0.05) is 32.0 Å². The van der Waals surface area contributed by atoms with Crippen LogP contribution in [0.25, 0.3) is 10.8 Å². The lowest BCUT2D eigenvalue weighted by atomic mass is 10.1. The second kappa shape index (κ2) is 9.43. The first-order valence-corrected chi connectivity index (χ1v) is 10.1. The summed E-state index contributed by atoms with van der Waals surface area (Å²) >= 11 is 1.57. The zero-order chi connectivity index (χ0) is 19.1. The van der Waals surface area contributed by atoms with Crippen LogP contribution in [0.1, 0.15) is 31.7 Å². The second-order valence-electron chi connectivity index (χ2n) is 6.43. The van der Waals surface area contributed by atoms with Gasteiger partial charge in [0.25, 0.3) is 17.7 Å². The van der Waals surface area contributed by atoms with Crippen LogP contribution in [0.15, 0.2) is 46.2 Å². The number of nitrogens with one attached hydrogen (secondary N) is 2. The normalized spacial score (nSPS) is 12.1. The summed E-state index contributed by atoms with van der Waals surface area (Å²) in [5.74, 6) is 1.08. The number of thiophene rings is 1. The van der Waals surface area contributed by atoms with Crippen molar-refractivity contribution in [2.24, 2.45) is 0 Å². The summed E-state index contributed by atoms with van der Waals surface area (Å²) in [5.41, 5.74) is 2.08. The van der Waals surface area contributed by atoms with Gasteiger partial charge in [0, 0.05) is 5.69 Å². The molecule has 6 nitrogen and oxygen atoms in total. The van der Waals surface area contributed by atoms with E-state index >= 15 is 0 Å². The third-order valence-corrected chi connectivity index (χ3v) is 5.12. The van der Waals surface area contributed by atoms with Crippen molar-refractivity contribution in [2.45, 2.75) is 33.2 Å². The van der Waals surface area contributed by atoms with Gasteiger partial charge in [0.05, 0.1) is 11.4 Å². The summed E-state index contributed by atoms with van der Waals surface area (Å²) in [5, 5.41) is 13.2. The maximum atomic E-state index is 12.4. The van der Waals surface area contributed by atoms with Gasteiger partial charge in [0.2, 0.25) is 0 Å². The molecule has 2 aromatic heterocycles. The van der Waals surface area contributed by atoms with Gasteiger partial charge in [-0.3, -0.25) is 4.79 Å². The van der Waals surface area contributed by atoms with E-state index in [-0.39, 0.29) is 5.91 Å². The molecular formula is C20H25N4O2S+. The Morgan fingerprint density at radius 3 is 2.67 bits per heavy atom. The second-order valence-corrected chi connectivity index (χ2v) is 7.38. The number of carbonyl (C=O) groups is 1. The zero-order valence-electron chi connectivity index (χ0n) is 15.7. The van der Waals surface area contributed by atoms with E-state index in [0.717, 1.165) is 34.9 Å². The Morgan fingerprint density at radius 2 is 2.00 bits per heavy atom. The minimum Gasteiger partial charge on any atom is -0.414 e. The SMILES string of the molecule is CCC[NH+](CC(=O)Nc1ccc(CC)cc1)Cc1nnc(-c2cccs2)o1. The van der Waals surface area contributed by atoms with E-state index in [1.54, 1.807) is 11.3 Å². The fourth-order valence-electron chi connectivity index (χ4n) is 2.89. The molecule has 0 aliphatic heterocycles. The predicted molar refractivity (Wildman–Crippen MR) is 107 cm³/mol. The van der Waals surface area contributed by atoms with Crippen LogP contribution >= 0.6 is 11.3 Å². The van der Waals surface area contributed by atoms with Crippen molar-refractivity contribution in [1.29, 1.82) is 0 Å². The van der Waals surface area contributed by atoms with Gasteiger partial charge >= 0.3 is 0 Å². The van der Waals surface area contributed by atoms with Crippen molar-refractivity contribution in [3.63, 3.8) is 0 Å². The van der Waals surface area contributed by atoms with Gasteiger partial charge in [-0.2, -0.15) is 0 Å². The minimum absolute atomic E-state index is 0.0132. The van der Waals surface area contributed by atoms with Crippen LogP contribution in [-0.4, -0.2) is 29.2 Å². The highest BCUT2D eigenvalue weighted by molar-refractivity contribution is 7.13. The van der Waals surface area contributed by atoms with Gasteiger partial charge in [0.15, 0.2) is 13.1 Å². The molecule has 2 heterocycles. The van der Waals surface area contributed by atoms with E-state index in [1.165, 1.54) is 5.56 Å². The Bertz CT molecular complexity index is 843. The van der Waals surface area contributed by atoms with Crippen molar-refractivity contribution in [3.8, 4) is 10.8 Å². The first kappa shape index (κ1) is 19.3. The topological polar surface area (TPSA) is 72.5 Å². The molecule has 3 rings (SSSR count). The average molecular weight is 386 g/mol. The van der Waals surface area contributed by atoms with Crippen LogP contribution in [0.2, 0.25) is 0 Å². The molecule has 0 saturated heterocycles. The summed E-state index contributed by atoms with van der Waals surface area (Å²) in [6.45, 7) is 5.97. The van der Waals surface area contributed by atoms with Crippen molar-refractivity contribution >= 4 is 22.9 Å². The molecule has 3 aromatic rings. The Labute approximate surface area is 163 Å². The van der Waals surface area contributed by atoms with Gasteiger partial charge in [-0.05, 0) is 42.0 Å². The number of aromatic nitrogens is 2. The van der Waals surface area contributed by atoms with Crippen LogP contribution in [0.3, 0.4) is 0 Å². The largest absolute Gasteiger partial charge is 0.414 e. The van der Waals surface area contributed by atoms with Crippen LogP contribution in [0.5, 0.6) is 0 Å². The summed E-state index contributed by atoms with van der Waals surface area (Å²) in [7, 11) is 0. The highest BCUT2D eigenvalue weighted by Gasteiger charge is 2.19. The Hall–Kier alpha value is -2.51.